The molecule has 1 saturated carbocycles. The maximum absolute atomic E-state index is 4.53. The molecule has 1 saturated heterocycles. The van der Waals surface area contributed by atoms with E-state index < -0.39 is 0 Å². The summed E-state index contributed by atoms with van der Waals surface area (Å²) in [5.41, 5.74) is 0. The summed E-state index contributed by atoms with van der Waals surface area (Å²) in [6, 6.07) is 1.30. The minimum atomic E-state index is 0.649. The zero-order chi connectivity index (χ0) is 12.2. The molecule has 0 amide bonds. The number of thioether (sulfide) groups is 1. The molecule has 2 fully saturated rings. The van der Waals surface area contributed by atoms with Crippen LogP contribution in [-0.2, 0) is 0 Å². The largest absolute Gasteiger partial charge is 0.353 e. The zero-order valence-corrected chi connectivity index (χ0v) is 11.8. The standard InChI is InChI=1S/C14H23N3S/c1-2-5-12(6-3-1)16-14-15-8-9-17(14)13-7-4-10-18-11-13/h8-9,12-13H,1-7,10-11H2,(H,15,16). The average Bonchev–Trinajstić information content (AvgIpc) is 2.89. The number of imidazole rings is 1. The second-order valence-electron chi connectivity index (χ2n) is 5.51. The van der Waals surface area contributed by atoms with E-state index in [1.807, 2.05) is 6.20 Å². The van der Waals surface area contributed by atoms with E-state index in [2.05, 4.69) is 32.8 Å². The molecule has 2 heterocycles. The van der Waals surface area contributed by atoms with Crippen LogP contribution in [0.2, 0.25) is 0 Å². The summed E-state index contributed by atoms with van der Waals surface area (Å²) < 4.78 is 2.38. The zero-order valence-electron chi connectivity index (χ0n) is 11.0. The average molecular weight is 265 g/mol. The lowest BCUT2D eigenvalue weighted by Gasteiger charge is -2.27. The van der Waals surface area contributed by atoms with E-state index in [0.717, 1.165) is 5.95 Å². The van der Waals surface area contributed by atoms with Crippen molar-refractivity contribution in [2.75, 3.05) is 16.8 Å². The Balaban J connectivity index is 1.66. The van der Waals surface area contributed by atoms with Crippen LogP contribution in [0.5, 0.6) is 0 Å². The molecular weight excluding hydrogens is 242 g/mol. The summed E-state index contributed by atoms with van der Waals surface area (Å²) in [6.07, 6.45) is 13.5. The predicted octanol–water partition coefficient (Wildman–Crippen LogP) is 3.70. The Morgan fingerprint density at radius 1 is 1.17 bits per heavy atom. The summed E-state index contributed by atoms with van der Waals surface area (Å²) in [5, 5.41) is 3.67. The topological polar surface area (TPSA) is 29.9 Å². The highest BCUT2D eigenvalue weighted by Gasteiger charge is 2.20. The molecule has 0 spiro atoms. The first kappa shape index (κ1) is 12.4. The van der Waals surface area contributed by atoms with Crippen molar-refractivity contribution in [1.82, 2.24) is 9.55 Å². The number of nitrogens with one attached hydrogen (secondary N) is 1. The fraction of sp³-hybridized carbons (Fsp3) is 0.786. The Morgan fingerprint density at radius 3 is 2.83 bits per heavy atom. The monoisotopic (exact) mass is 265 g/mol. The number of nitrogens with zero attached hydrogens (tertiary/aromatic N) is 2. The summed E-state index contributed by atoms with van der Waals surface area (Å²) >= 11 is 2.08. The molecule has 100 valence electrons. The molecule has 1 aromatic rings. The molecule has 0 bridgehead atoms. The minimum Gasteiger partial charge on any atom is -0.353 e. The van der Waals surface area contributed by atoms with Crippen LogP contribution < -0.4 is 5.32 Å². The van der Waals surface area contributed by atoms with Crippen molar-refractivity contribution in [1.29, 1.82) is 0 Å². The van der Waals surface area contributed by atoms with Gasteiger partial charge >= 0.3 is 0 Å². The molecule has 0 aromatic carbocycles. The first-order valence-corrected chi connectivity index (χ1v) is 8.46. The van der Waals surface area contributed by atoms with Crippen LogP contribution in [0.3, 0.4) is 0 Å². The smallest absolute Gasteiger partial charge is 0.203 e. The van der Waals surface area contributed by atoms with Crippen LogP contribution in [0.25, 0.3) is 0 Å². The molecule has 2 aliphatic rings. The highest BCUT2D eigenvalue weighted by Crippen LogP contribution is 2.30. The van der Waals surface area contributed by atoms with Gasteiger partial charge in [0.25, 0.3) is 0 Å². The van der Waals surface area contributed by atoms with E-state index in [-0.39, 0.29) is 0 Å². The van der Waals surface area contributed by atoms with Crippen molar-refractivity contribution in [2.24, 2.45) is 0 Å². The van der Waals surface area contributed by atoms with Crippen LogP contribution >= 0.6 is 11.8 Å². The molecule has 1 unspecified atom stereocenters. The van der Waals surface area contributed by atoms with Crippen LogP contribution in [0.15, 0.2) is 12.4 Å². The van der Waals surface area contributed by atoms with E-state index in [4.69, 9.17) is 0 Å². The van der Waals surface area contributed by atoms with Gasteiger partial charge in [0.05, 0.1) is 0 Å². The molecule has 1 atom stereocenters. The van der Waals surface area contributed by atoms with Gasteiger partial charge in [-0.25, -0.2) is 4.98 Å². The third-order valence-corrected chi connectivity index (χ3v) is 5.33. The normalized spacial score (nSPS) is 26.1. The molecule has 3 rings (SSSR count). The number of hydrogen-bond acceptors (Lipinski definition) is 3. The SMILES string of the molecule is c1cn(C2CCCSC2)c(NC2CCCCC2)n1. The number of hydrogen-bond donors (Lipinski definition) is 1. The quantitative estimate of drug-likeness (QED) is 0.904. The van der Waals surface area contributed by atoms with E-state index in [1.54, 1.807) is 0 Å². The van der Waals surface area contributed by atoms with Crippen LogP contribution in [0, 0.1) is 0 Å². The lowest BCUT2D eigenvalue weighted by atomic mass is 9.96. The molecule has 0 radical (unpaired) electrons. The highest BCUT2D eigenvalue weighted by atomic mass is 32.2. The fourth-order valence-electron chi connectivity index (χ4n) is 3.09. The Labute approximate surface area is 114 Å². The van der Waals surface area contributed by atoms with Gasteiger partial charge in [-0.2, -0.15) is 11.8 Å². The third kappa shape index (κ3) is 2.85. The van der Waals surface area contributed by atoms with Gasteiger partial charge in [-0.05, 0) is 31.4 Å². The first-order valence-electron chi connectivity index (χ1n) is 7.30. The van der Waals surface area contributed by atoms with Gasteiger partial charge in [0.1, 0.15) is 0 Å². The van der Waals surface area contributed by atoms with Crippen molar-refractivity contribution in [3.63, 3.8) is 0 Å². The molecule has 4 heteroatoms. The Hall–Kier alpha value is -0.640. The lowest BCUT2D eigenvalue weighted by Crippen LogP contribution is -2.26. The van der Waals surface area contributed by atoms with Crippen LogP contribution in [0.1, 0.15) is 51.0 Å². The predicted molar refractivity (Wildman–Crippen MR) is 78.3 cm³/mol. The molecule has 3 nitrogen and oxygen atoms in total. The van der Waals surface area contributed by atoms with E-state index in [9.17, 15) is 0 Å². The van der Waals surface area contributed by atoms with Crippen molar-refractivity contribution in [3.05, 3.63) is 12.4 Å². The molecule has 1 N–H and O–H groups in total. The van der Waals surface area contributed by atoms with Gasteiger partial charge in [-0.15, -0.1) is 0 Å². The third-order valence-electron chi connectivity index (χ3n) is 4.14. The van der Waals surface area contributed by atoms with Gasteiger partial charge in [-0.1, -0.05) is 19.3 Å². The van der Waals surface area contributed by atoms with E-state index in [1.165, 1.54) is 56.5 Å². The number of aromatic nitrogens is 2. The maximum Gasteiger partial charge on any atom is 0.203 e. The second-order valence-corrected chi connectivity index (χ2v) is 6.66. The summed E-state index contributed by atoms with van der Waals surface area (Å²) in [6.45, 7) is 0. The molecule has 1 aromatic heterocycles. The highest BCUT2D eigenvalue weighted by molar-refractivity contribution is 7.99. The van der Waals surface area contributed by atoms with Crippen LogP contribution in [0.4, 0.5) is 5.95 Å². The Kier molecular flexibility index (Phi) is 4.13. The lowest BCUT2D eigenvalue weighted by molar-refractivity contribution is 0.451. The molecule has 1 aliphatic carbocycles. The summed E-state index contributed by atoms with van der Waals surface area (Å²) in [5.74, 6) is 3.68. The van der Waals surface area contributed by atoms with Gasteiger partial charge in [0.15, 0.2) is 0 Å². The molecule has 18 heavy (non-hydrogen) atoms. The van der Waals surface area contributed by atoms with E-state index >= 15 is 0 Å². The van der Waals surface area contributed by atoms with Gasteiger partial charge in [-0.3, -0.25) is 0 Å². The molecular formula is C14H23N3S. The minimum absolute atomic E-state index is 0.649. The van der Waals surface area contributed by atoms with Gasteiger partial charge in [0.2, 0.25) is 5.95 Å². The van der Waals surface area contributed by atoms with Crippen molar-refractivity contribution < 1.29 is 0 Å². The van der Waals surface area contributed by atoms with E-state index in [0.29, 0.717) is 12.1 Å². The first-order chi connectivity index (χ1) is 8.93. The van der Waals surface area contributed by atoms with Gasteiger partial charge in [0, 0.05) is 30.2 Å². The maximum atomic E-state index is 4.53. The Morgan fingerprint density at radius 2 is 2.06 bits per heavy atom. The van der Waals surface area contributed by atoms with Crippen molar-refractivity contribution in [2.45, 2.75) is 57.0 Å². The summed E-state index contributed by atoms with van der Waals surface area (Å²) in [4.78, 5) is 4.53. The van der Waals surface area contributed by atoms with Crippen molar-refractivity contribution in [3.8, 4) is 0 Å². The summed E-state index contributed by atoms with van der Waals surface area (Å²) in [7, 11) is 0. The van der Waals surface area contributed by atoms with Crippen LogP contribution in [-0.4, -0.2) is 27.1 Å². The number of rotatable bonds is 3. The van der Waals surface area contributed by atoms with Gasteiger partial charge < -0.3 is 9.88 Å². The second kappa shape index (κ2) is 6.00. The molecule has 1 aliphatic heterocycles. The number of anilines is 1. The fourth-order valence-corrected chi connectivity index (χ4v) is 4.23. The van der Waals surface area contributed by atoms with Crippen molar-refractivity contribution >= 4 is 17.7 Å². The Bertz CT molecular complexity index is 365.